The SMILES string of the molecule is CC(C)(C(=O)N1CCC(C(F)(F)F)CC1)C(N)=NO. The van der Waals surface area contributed by atoms with Gasteiger partial charge in [-0.3, -0.25) is 4.79 Å². The first-order valence-corrected chi connectivity index (χ1v) is 5.94. The smallest absolute Gasteiger partial charge is 0.391 e. The normalized spacial score (nSPS) is 19.6. The van der Waals surface area contributed by atoms with Crippen LogP contribution in [0.25, 0.3) is 0 Å². The van der Waals surface area contributed by atoms with E-state index in [2.05, 4.69) is 5.16 Å². The van der Waals surface area contributed by atoms with E-state index >= 15 is 0 Å². The summed E-state index contributed by atoms with van der Waals surface area (Å²) in [6, 6.07) is 0. The zero-order valence-corrected chi connectivity index (χ0v) is 10.9. The van der Waals surface area contributed by atoms with Gasteiger partial charge >= 0.3 is 6.18 Å². The van der Waals surface area contributed by atoms with Gasteiger partial charge in [0, 0.05) is 13.1 Å². The van der Waals surface area contributed by atoms with Crippen LogP contribution in [0.2, 0.25) is 0 Å². The van der Waals surface area contributed by atoms with Gasteiger partial charge in [0.25, 0.3) is 0 Å². The molecule has 0 aromatic rings. The minimum Gasteiger partial charge on any atom is -0.409 e. The second kappa shape index (κ2) is 5.26. The van der Waals surface area contributed by atoms with Crippen molar-refractivity contribution in [3.63, 3.8) is 0 Å². The summed E-state index contributed by atoms with van der Waals surface area (Å²) in [7, 11) is 0. The molecule has 1 heterocycles. The molecule has 3 N–H and O–H groups in total. The quantitative estimate of drug-likeness (QED) is 0.349. The van der Waals surface area contributed by atoms with Crippen LogP contribution in [0.5, 0.6) is 0 Å². The van der Waals surface area contributed by atoms with E-state index in [4.69, 9.17) is 10.9 Å². The molecule has 1 rings (SSSR count). The molecule has 1 fully saturated rings. The third-order valence-electron chi connectivity index (χ3n) is 3.53. The molecule has 5 nitrogen and oxygen atoms in total. The van der Waals surface area contributed by atoms with Crippen molar-refractivity contribution in [1.82, 2.24) is 4.90 Å². The molecule has 0 aromatic carbocycles. The van der Waals surface area contributed by atoms with Crippen molar-refractivity contribution in [2.24, 2.45) is 22.2 Å². The summed E-state index contributed by atoms with van der Waals surface area (Å²) >= 11 is 0. The lowest BCUT2D eigenvalue weighted by molar-refractivity contribution is -0.187. The van der Waals surface area contributed by atoms with Crippen LogP contribution >= 0.6 is 0 Å². The Bertz CT molecular complexity index is 372. The number of rotatable bonds is 2. The first-order chi connectivity index (χ1) is 8.60. The molecule has 0 saturated carbocycles. The molecule has 19 heavy (non-hydrogen) atoms. The van der Waals surface area contributed by atoms with Crippen LogP contribution in [-0.2, 0) is 4.79 Å². The molecule has 1 aliphatic rings. The lowest BCUT2D eigenvalue weighted by atomic mass is 9.88. The van der Waals surface area contributed by atoms with Gasteiger partial charge in [-0.15, -0.1) is 0 Å². The predicted molar refractivity (Wildman–Crippen MR) is 62.5 cm³/mol. The number of likely N-dealkylation sites (tertiary alicyclic amines) is 1. The molecular weight excluding hydrogens is 263 g/mol. The Labute approximate surface area is 109 Å². The zero-order valence-electron chi connectivity index (χ0n) is 10.9. The van der Waals surface area contributed by atoms with Gasteiger partial charge < -0.3 is 15.8 Å². The van der Waals surface area contributed by atoms with Crippen LogP contribution in [0.15, 0.2) is 5.16 Å². The first-order valence-electron chi connectivity index (χ1n) is 5.94. The highest BCUT2D eigenvalue weighted by molar-refractivity contribution is 6.05. The van der Waals surface area contributed by atoms with Crippen LogP contribution in [0.4, 0.5) is 13.2 Å². The van der Waals surface area contributed by atoms with Crippen LogP contribution < -0.4 is 5.73 Å². The molecule has 0 bridgehead atoms. The fourth-order valence-electron chi connectivity index (χ4n) is 2.04. The summed E-state index contributed by atoms with van der Waals surface area (Å²) in [5.41, 5.74) is 4.20. The van der Waals surface area contributed by atoms with Gasteiger partial charge in [0.15, 0.2) is 5.84 Å². The highest BCUT2D eigenvalue weighted by Gasteiger charge is 2.44. The lowest BCUT2D eigenvalue weighted by Crippen LogP contribution is -2.51. The Morgan fingerprint density at radius 3 is 2.16 bits per heavy atom. The summed E-state index contributed by atoms with van der Waals surface area (Å²) < 4.78 is 37.5. The highest BCUT2D eigenvalue weighted by atomic mass is 19.4. The van der Waals surface area contributed by atoms with Crippen molar-refractivity contribution in [1.29, 1.82) is 0 Å². The minimum absolute atomic E-state index is 0.0329. The number of hydrogen-bond acceptors (Lipinski definition) is 3. The molecule has 0 atom stereocenters. The number of carbonyl (C=O) groups is 1. The van der Waals surface area contributed by atoms with E-state index in [0.717, 1.165) is 0 Å². The summed E-state index contributed by atoms with van der Waals surface area (Å²) in [5.74, 6) is -2.04. The number of carbonyl (C=O) groups excluding carboxylic acids is 1. The van der Waals surface area contributed by atoms with E-state index < -0.39 is 23.4 Å². The number of halogens is 3. The Balaban J connectivity index is 2.69. The number of amidine groups is 1. The summed E-state index contributed by atoms with van der Waals surface area (Å²) in [4.78, 5) is 13.5. The number of hydrogen-bond donors (Lipinski definition) is 2. The second-order valence-corrected chi connectivity index (χ2v) is 5.22. The van der Waals surface area contributed by atoms with Crippen molar-refractivity contribution >= 4 is 11.7 Å². The molecule has 0 radical (unpaired) electrons. The number of nitrogens with two attached hydrogens (primary N) is 1. The molecule has 1 aliphatic heterocycles. The van der Waals surface area contributed by atoms with E-state index in [1.165, 1.54) is 18.7 Å². The average molecular weight is 281 g/mol. The zero-order chi connectivity index (χ0) is 14.8. The van der Waals surface area contributed by atoms with Gasteiger partial charge in [0.2, 0.25) is 5.91 Å². The van der Waals surface area contributed by atoms with Crippen molar-refractivity contribution in [2.45, 2.75) is 32.9 Å². The standard InChI is InChI=1S/C11H18F3N3O2/c1-10(2,8(15)16-19)9(18)17-5-3-7(4-6-17)11(12,13)14/h7,19H,3-6H2,1-2H3,(H2,15,16). The summed E-state index contributed by atoms with van der Waals surface area (Å²) in [6.45, 7) is 3.01. The Hall–Kier alpha value is -1.47. The predicted octanol–water partition coefficient (Wildman–Crippen LogP) is 1.56. The first kappa shape index (κ1) is 15.6. The third-order valence-corrected chi connectivity index (χ3v) is 3.53. The monoisotopic (exact) mass is 281 g/mol. The largest absolute Gasteiger partial charge is 0.409 e. The molecule has 8 heteroatoms. The van der Waals surface area contributed by atoms with Gasteiger partial charge in [0.05, 0.1) is 5.92 Å². The van der Waals surface area contributed by atoms with Crippen LogP contribution in [0, 0.1) is 11.3 Å². The topological polar surface area (TPSA) is 78.9 Å². The highest BCUT2D eigenvalue weighted by Crippen LogP contribution is 2.35. The van der Waals surface area contributed by atoms with Crippen molar-refractivity contribution < 1.29 is 23.2 Å². The average Bonchev–Trinajstić information content (AvgIpc) is 2.35. The van der Waals surface area contributed by atoms with Crippen molar-refractivity contribution in [2.75, 3.05) is 13.1 Å². The van der Waals surface area contributed by atoms with E-state index in [1.807, 2.05) is 0 Å². The van der Waals surface area contributed by atoms with Gasteiger partial charge in [0.1, 0.15) is 5.41 Å². The maximum atomic E-state index is 12.5. The molecule has 0 aliphatic carbocycles. The maximum Gasteiger partial charge on any atom is 0.391 e. The number of piperidine rings is 1. The summed E-state index contributed by atoms with van der Waals surface area (Å²) in [6.07, 6.45) is -4.43. The molecule has 0 unspecified atom stereocenters. The molecule has 1 saturated heterocycles. The molecule has 0 spiro atoms. The van der Waals surface area contributed by atoms with E-state index in [1.54, 1.807) is 0 Å². The van der Waals surface area contributed by atoms with Crippen molar-refractivity contribution in [3.8, 4) is 0 Å². The van der Waals surface area contributed by atoms with Crippen LogP contribution in [0.3, 0.4) is 0 Å². The number of alkyl halides is 3. The molecule has 1 amide bonds. The van der Waals surface area contributed by atoms with Gasteiger partial charge in [-0.25, -0.2) is 0 Å². The van der Waals surface area contributed by atoms with Crippen LogP contribution in [0.1, 0.15) is 26.7 Å². The maximum absolute atomic E-state index is 12.5. The molecule has 110 valence electrons. The fraction of sp³-hybridized carbons (Fsp3) is 0.818. The van der Waals surface area contributed by atoms with E-state index in [-0.39, 0.29) is 31.8 Å². The Morgan fingerprint density at radius 1 is 1.32 bits per heavy atom. The molecule has 0 aromatic heterocycles. The summed E-state index contributed by atoms with van der Waals surface area (Å²) in [5, 5.41) is 11.4. The van der Waals surface area contributed by atoms with Gasteiger partial charge in [-0.1, -0.05) is 5.16 Å². The fourth-order valence-corrected chi connectivity index (χ4v) is 2.04. The minimum atomic E-state index is -4.21. The van der Waals surface area contributed by atoms with Crippen LogP contribution in [-0.4, -0.2) is 41.1 Å². The number of oxime groups is 1. The van der Waals surface area contributed by atoms with E-state index in [9.17, 15) is 18.0 Å². The second-order valence-electron chi connectivity index (χ2n) is 5.22. The Morgan fingerprint density at radius 2 is 1.79 bits per heavy atom. The Kier molecular flexibility index (Phi) is 4.32. The lowest BCUT2D eigenvalue weighted by Gasteiger charge is -2.36. The van der Waals surface area contributed by atoms with E-state index in [0.29, 0.717) is 0 Å². The molecular formula is C11H18F3N3O2. The number of nitrogens with zero attached hydrogens (tertiary/aromatic N) is 2. The number of amides is 1. The third kappa shape index (κ3) is 3.30. The van der Waals surface area contributed by atoms with Gasteiger partial charge in [-0.05, 0) is 26.7 Å². The van der Waals surface area contributed by atoms with Crippen molar-refractivity contribution in [3.05, 3.63) is 0 Å². The van der Waals surface area contributed by atoms with Gasteiger partial charge in [-0.2, -0.15) is 13.2 Å².